The topological polar surface area (TPSA) is 87.3 Å². The SMILES string of the molecule is CN1CCN(Oc2ccc(C(=O)NC3NNC4CC(OCCOCc5ccccc5)CCC43)cc2)CC1. The molecule has 5 rings (SSSR count). The molecule has 3 fully saturated rings. The number of hydrogen-bond acceptors (Lipinski definition) is 8. The molecule has 9 nitrogen and oxygen atoms in total. The van der Waals surface area contributed by atoms with Crippen LogP contribution in [-0.4, -0.2) is 80.6 Å². The van der Waals surface area contributed by atoms with Crippen LogP contribution >= 0.6 is 0 Å². The molecule has 37 heavy (non-hydrogen) atoms. The maximum absolute atomic E-state index is 12.9. The Morgan fingerprint density at radius 3 is 2.54 bits per heavy atom. The van der Waals surface area contributed by atoms with Crippen molar-refractivity contribution in [1.82, 2.24) is 26.1 Å². The molecule has 3 N–H and O–H groups in total. The zero-order valence-corrected chi connectivity index (χ0v) is 21.6. The number of likely N-dealkylation sites (N-methyl/N-ethyl adjacent to an activating group) is 1. The van der Waals surface area contributed by atoms with Crippen molar-refractivity contribution in [3.63, 3.8) is 0 Å². The van der Waals surface area contributed by atoms with Gasteiger partial charge in [0, 0.05) is 43.7 Å². The quantitative estimate of drug-likeness (QED) is 0.420. The van der Waals surface area contributed by atoms with Crippen LogP contribution in [0.5, 0.6) is 5.75 Å². The Balaban J connectivity index is 1.01. The summed E-state index contributed by atoms with van der Waals surface area (Å²) in [6.45, 7) is 5.51. The molecule has 2 aromatic rings. The number of fused-ring (bicyclic) bond motifs is 1. The average molecular weight is 510 g/mol. The Bertz CT molecular complexity index is 984. The lowest BCUT2D eigenvalue weighted by molar-refractivity contribution is -0.0849. The van der Waals surface area contributed by atoms with Gasteiger partial charge in [-0.2, -0.15) is 0 Å². The summed E-state index contributed by atoms with van der Waals surface area (Å²) in [6.07, 6.45) is 2.99. The van der Waals surface area contributed by atoms with Crippen LogP contribution in [0.25, 0.3) is 0 Å². The number of benzene rings is 2. The minimum atomic E-state index is -0.103. The van der Waals surface area contributed by atoms with Crippen LogP contribution in [0.3, 0.4) is 0 Å². The van der Waals surface area contributed by atoms with Gasteiger partial charge in [0.25, 0.3) is 5.91 Å². The summed E-state index contributed by atoms with van der Waals surface area (Å²) in [5.41, 5.74) is 8.46. The zero-order chi connectivity index (χ0) is 25.5. The molecule has 2 saturated heterocycles. The van der Waals surface area contributed by atoms with Crippen molar-refractivity contribution < 1.29 is 19.1 Å². The highest BCUT2D eigenvalue weighted by molar-refractivity contribution is 5.94. The molecular weight excluding hydrogens is 470 g/mol. The van der Waals surface area contributed by atoms with E-state index in [1.165, 1.54) is 5.56 Å². The molecule has 4 unspecified atom stereocenters. The van der Waals surface area contributed by atoms with Crippen molar-refractivity contribution in [2.75, 3.05) is 46.4 Å². The highest BCUT2D eigenvalue weighted by atomic mass is 16.7. The number of ether oxygens (including phenoxy) is 2. The maximum Gasteiger partial charge on any atom is 0.252 e. The highest BCUT2D eigenvalue weighted by Crippen LogP contribution is 2.31. The van der Waals surface area contributed by atoms with Crippen molar-refractivity contribution in [3.05, 3.63) is 65.7 Å². The van der Waals surface area contributed by atoms with Crippen LogP contribution < -0.4 is 21.0 Å². The Labute approximate surface area is 219 Å². The number of piperazine rings is 1. The standard InChI is InChI=1S/C28H39N5O4/c1-32-13-15-33(16-14-32)37-23-9-7-22(8-10-23)28(34)29-27-25-12-11-24(19-26(25)30-31-27)36-18-17-35-20-21-5-3-2-4-6-21/h2-10,24-27,30-31H,11-20H2,1H3,(H,29,34). The maximum atomic E-state index is 12.9. The van der Waals surface area contributed by atoms with Crippen LogP contribution in [0.1, 0.15) is 35.2 Å². The van der Waals surface area contributed by atoms with Gasteiger partial charge < -0.3 is 24.5 Å². The number of carbonyl (C=O) groups excluding carboxylic acids is 1. The lowest BCUT2D eigenvalue weighted by Gasteiger charge is -2.32. The molecule has 2 aromatic carbocycles. The van der Waals surface area contributed by atoms with Gasteiger partial charge in [0.15, 0.2) is 0 Å². The summed E-state index contributed by atoms with van der Waals surface area (Å²) < 4.78 is 11.8. The van der Waals surface area contributed by atoms with E-state index in [-0.39, 0.29) is 24.2 Å². The predicted octanol–water partition coefficient (Wildman–Crippen LogP) is 2.16. The van der Waals surface area contributed by atoms with Crippen LogP contribution in [-0.2, 0) is 16.1 Å². The first-order valence-corrected chi connectivity index (χ1v) is 13.4. The fourth-order valence-corrected chi connectivity index (χ4v) is 5.28. The first-order valence-electron chi connectivity index (χ1n) is 13.4. The summed E-state index contributed by atoms with van der Waals surface area (Å²) in [7, 11) is 2.12. The molecule has 2 aliphatic heterocycles. The first kappa shape index (κ1) is 26.1. The van der Waals surface area contributed by atoms with Crippen molar-refractivity contribution in [1.29, 1.82) is 0 Å². The Morgan fingerprint density at radius 1 is 0.973 bits per heavy atom. The molecule has 1 saturated carbocycles. The Kier molecular flexibility index (Phi) is 9.04. The number of rotatable bonds is 10. The van der Waals surface area contributed by atoms with Gasteiger partial charge in [-0.1, -0.05) is 30.3 Å². The molecule has 0 aromatic heterocycles. The smallest absolute Gasteiger partial charge is 0.252 e. The van der Waals surface area contributed by atoms with Crippen molar-refractivity contribution >= 4 is 5.91 Å². The molecule has 2 heterocycles. The molecule has 0 bridgehead atoms. The second-order valence-corrected chi connectivity index (χ2v) is 10.2. The van der Waals surface area contributed by atoms with Crippen molar-refractivity contribution in [2.45, 2.75) is 44.2 Å². The summed E-state index contributed by atoms with van der Waals surface area (Å²) in [4.78, 5) is 21.1. The fraction of sp³-hybridized carbons (Fsp3) is 0.536. The number of hydrazine groups is 1. The second kappa shape index (κ2) is 12.8. The van der Waals surface area contributed by atoms with E-state index in [1.807, 2.05) is 47.5 Å². The summed E-state index contributed by atoms with van der Waals surface area (Å²) in [6, 6.07) is 17.8. The lowest BCUT2D eigenvalue weighted by Crippen LogP contribution is -2.47. The fourth-order valence-electron chi connectivity index (χ4n) is 5.28. The molecule has 9 heteroatoms. The molecule has 3 aliphatic rings. The van der Waals surface area contributed by atoms with E-state index in [0.29, 0.717) is 31.3 Å². The molecule has 200 valence electrons. The molecule has 4 atom stereocenters. The van der Waals surface area contributed by atoms with Gasteiger partial charge in [-0.25, -0.2) is 5.43 Å². The van der Waals surface area contributed by atoms with Gasteiger partial charge in [0.05, 0.1) is 32.1 Å². The number of nitrogens with one attached hydrogen (secondary N) is 3. The summed E-state index contributed by atoms with van der Waals surface area (Å²) in [5.74, 6) is 1.00. The van der Waals surface area contributed by atoms with E-state index in [0.717, 1.165) is 51.2 Å². The highest BCUT2D eigenvalue weighted by Gasteiger charge is 2.41. The van der Waals surface area contributed by atoms with Crippen LogP contribution in [0.15, 0.2) is 54.6 Å². The number of hydrogen-bond donors (Lipinski definition) is 3. The molecule has 1 aliphatic carbocycles. The summed E-state index contributed by atoms with van der Waals surface area (Å²) in [5, 5.41) is 5.13. The van der Waals surface area contributed by atoms with E-state index in [4.69, 9.17) is 14.3 Å². The van der Waals surface area contributed by atoms with Gasteiger partial charge in [-0.3, -0.25) is 10.2 Å². The van der Waals surface area contributed by atoms with E-state index in [1.54, 1.807) is 0 Å². The first-order chi connectivity index (χ1) is 18.1. The van der Waals surface area contributed by atoms with Crippen LogP contribution in [0.4, 0.5) is 0 Å². The second-order valence-electron chi connectivity index (χ2n) is 10.2. The van der Waals surface area contributed by atoms with E-state index >= 15 is 0 Å². The van der Waals surface area contributed by atoms with Gasteiger partial charge in [-0.05, 0) is 56.1 Å². The summed E-state index contributed by atoms with van der Waals surface area (Å²) >= 11 is 0. The van der Waals surface area contributed by atoms with E-state index < -0.39 is 0 Å². The monoisotopic (exact) mass is 509 g/mol. The largest absolute Gasteiger partial charge is 0.406 e. The van der Waals surface area contributed by atoms with Crippen LogP contribution in [0, 0.1) is 5.92 Å². The molecule has 0 spiro atoms. The number of hydroxylamine groups is 2. The van der Waals surface area contributed by atoms with Crippen molar-refractivity contribution in [2.24, 2.45) is 5.92 Å². The molecular formula is C28H39N5O4. The average Bonchev–Trinajstić information content (AvgIpc) is 3.32. The minimum Gasteiger partial charge on any atom is -0.406 e. The normalized spacial score (nSPS) is 26.5. The predicted molar refractivity (Wildman–Crippen MR) is 141 cm³/mol. The lowest BCUT2D eigenvalue weighted by atomic mass is 9.82. The third kappa shape index (κ3) is 7.28. The minimum absolute atomic E-state index is 0.0833. The number of amides is 1. The van der Waals surface area contributed by atoms with Gasteiger partial charge >= 0.3 is 0 Å². The molecule has 0 radical (unpaired) electrons. The van der Waals surface area contributed by atoms with Crippen molar-refractivity contribution in [3.8, 4) is 5.75 Å². The third-order valence-corrected chi connectivity index (χ3v) is 7.50. The number of carbonyl (C=O) groups is 1. The number of nitrogens with zero attached hydrogens (tertiary/aromatic N) is 2. The van der Waals surface area contributed by atoms with E-state index in [9.17, 15) is 4.79 Å². The Morgan fingerprint density at radius 2 is 1.76 bits per heavy atom. The van der Waals surface area contributed by atoms with Crippen LogP contribution in [0.2, 0.25) is 0 Å². The van der Waals surface area contributed by atoms with Gasteiger partial charge in [0.2, 0.25) is 0 Å². The molecule has 1 amide bonds. The van der Waals surface area contributed by atoms with Gasteiger partial charge in [0.1, 0.15) is 5.75 Å². The third-order valence-electron chi connectivity index (χ3n) is 7.50. The zero-order valence-electron chi connectivity index (χ0n) is 21.6. The Hall–Kier alpha value is -2.53. The van der Waals surface area contributed by atoms with E-state index in [2.05, 4.69) is 40.2 Å². The van der Waals surface area contributed by atoms with Gasteiger partial charge in [-0.15, -0.1) is 5.06 Å².